The second kappa shape index (κ2) is 12.5. The van der Waals surface area contributed by atoms with E-state index in [-0.39, 0.29) is 30.2 Å². The van der Waals surface area contributed by atoms with Crippen LogP contribution in [0, 0.1) is 0 Å². The molecule has 33 heavy (non-hydrogen) atoms. The minimum atomic E-state index is -4.32. The Hall–Kier alpha value is -3.53. The first-order valence-electron chi connectivity index (χ1n) is 10.2. The van der Waals surface area contributed by atoms with Gasteiger partial charge in [0.25, 0.3) is 11.8 Å². The molecule has 0 aromatic heterocycles. The fourth-order valence-electron chi connectivity index (χ4n) is 2.60. The van der Waals surface area contributed by atoms with E-state index in [2.05, 4.69) is 10.6 Å². The molecule has 2 aromatic carbocycles. The molecular weight excluding hydrogens is 441 g/mol. The summed E-state index contributed by atoms with van der Waals surface area (Å²) in [5.41, 5.74) is 0.746. The largest absolute Gasteiger partial charge is 0.494 e. The molecule has 0 aliphatic carbocycles. The van der Waals surface area contributed by atoms with Crippen molar-refractivity contribution >= 4 is 17.9 Å². The van der Waals surface area contributed by atoms with Crippen molar-refractivity contribution in [1.29, 1.82) is 0 Å². The monoisotopic (exact) mass is 466 g/mol. The lowest BCUT2D eigenvalue weighted by Gasteiger charge is -2.12. The first kappa shape index (κ1) is 25.7. The van der Waals surface area contributed by atoms with Gasteiger partial charge in [0, 0.05) is 12.1 Å². The van der Waals surface area contributed by atoms with E-state index in [1.807, 2.05) is 6.92 Å². The highest BCUT2D eigenvalue weighted by Crippen LogP contribution is 2.21. The topological polar surface area (TPSA) is 96.9 Å². The van der Waals surface area contributed by atoms with E-state index in [0.29, 0.717) is 17.9 Å². The summed E-state index contributed by atoms with van der Waals surface area (Å²) in [7, 11) is 0. The molecule has 7 nitrogen and oxygen atoms in total. The first-order chi connectivity index (χ1) is 15.7. The van der Waals surface area contributed by atoms with E-state index in [0.717, 1.165) is 0 Å². The number of alkyl halides is 3. The molecule has 10 heteroatoms. The van der Waals surface area contributed by atoms with Gasteiger partial charge in [0.05, 0.1) is 26.2 Å². The third kappa shape index (κ3) is 9.24. The minimum Gasteiger partial charge on any atom is -0.494 e. The van der Waals surface area contributed by atoms with Crippen LogP contribution >= 0.6 is 0 Å². The standard InChI is InChI=1S/C23H25F3N2O5/c1-2-32-18-7-3-16(4-8-18)15-20(22(31)27-12-13-29)28-21(30)17-5-9-19(10-6-17)33-14-11-23(24,25)26/h3-10,15,29H,2,11-14H2,1H3,(H,27,31)(H,28,30)/b20-15+. The van der Waals surface area contributed by atoms with Crippen molar-refractivity contribution in [2.75, 3.05) is 26.4 Å². The highest BCUT2D eigenvalue weighted by Gasteiger charge is 2.26. The van der Waals surface area contributed by atoms with Crippen molar-refractivity contribution in [2.45, 2.75) is 19.5 Å². The van der Waals surface area contributed by atoms with Crippen LogP contribution in [0.3, 0.4) is 0 Å². The molecule has 0 unspecified atom stereocenters. The smallest absolute Gasteiger partial charge is 0.392 e. The summed E-state index contributed by atoms with van der Waals surface area (Å²) in [6.45, 7) is 1.56. The third-order valence-electron chi connectivity index (χ3n) is 4.16. The summed E-state index contributed by atoms with van der Waals surface area (Å²) < 4.78 is 47.0. The highest BCUT2D eigenvalue weighted by atomic mass is 19.4. The van der Waals surface area contributed by atoms with Gasteiger partial charge in [-0.3, -0.25) is 9.59 Å². The molecule has 0 saturated carbocycles. The lowest BCUT2D eigenvalue weighted by Crippen LogP contribution is -2.36. The Morgan fingerprint density at radius 2 is 1.61 bits per heavy atom. The maximum Gasteiger partial charge on any atom is 0.392 e. The highest BCUT2D eigenvalue weighted by molar-refractivity contribution is 6.05. The molecule has 0 aliphatic heterocycles. The predicted octanol–water partition coefficient (Wildman–Crippen LogP) is 3.30. The van der Waals surface area contributed by atoms with Crippen LogP contribution < -0.4 is 20.1 Å². The SMILES string of the molecule is CCOc1ccc(/C=C(/NC(=O)c2ccc(OCCC(F)(F)F)cc2)C(=O)NCCO)cc1. The molecule has 2 rings (SSSR count). The predicted molar refractivity (Wildman–Crippen MR) is 116 cm³/mol. The van der Waals surface area contributed by atoms with Gasteiger partial charge in [0.1, 0.15) is 17.2 Å². The quantitative estimate of drug-likeness (QED) is 0.442. The van der Waals surface area contributed by atoms with Gasteiger partial charge >= 0.3 is 6.18 Å². The zero-order valence-corrected chi connectivity index (χ0v) is 17.9. The lowest BCUT2D eigenvalue weighted by atomic mass is 10.1. The minimum absolute atomic E-state index is 0.000711. The van der Waals surface area contributed by atoms with Crippen molar-refractivity contribution in [3.05, 3.63) is 65.4 Å². The van der Waals surface area contributed by atoms with E-state index in [1.54, 1.807) is 24.3 Å². The zero-order valence-electron chi connectivity index (χ0n) is 17.9. The Bertz CT molecular complexity index is 942. The van der Waals surface area contributed by atoms with Crippen LogP contribution in [-0.2, 0) is 4.79 Å². The van der Waals surface area contributed by atoms with Gasteiger partial charge in [-0.2, -0.15) is 13.2 Å². The number of aliphatic hydroxyl groups excluding tert-OH is 1. The zero-order chi connectivity index (χ0) is 24.3. The summed E-state index contributed by atoms with van der Waals surface area (Å²) in [4.78, 5) is 25.1. The first-order valence-corrected chi connectivity index (χ1v) is 10.2. The van der Waals surface area contributed by atoms with E-state index in [9.17, 15) is 22.8 Å². The lowest BCUT2D eigenvalue weighted by molar-refractivity contribution is -0.139. The van der Waals surface area contributed by atoms with E-state index in [4.69, 9.17) is 14.6 Å². The fourth-order valence-corrected chi connectivity index (χ4v) is 2.60. The number of carbonyl (C=O) groups excluding carboxylic acids is 2. The van der Waals surface area contributed by atoms with Gasteiger partial charge < -0.3 is 25.2 Å². The molecule has 0 heterocycles. The van der Waals surface area contributed by atoms with E-state index >= 15 is 0 Å². The summed E-state index contributed by atoms with van der Waals surface area (Å²) in [6.07, 6.45) is -3.94. The Labute approximate surface area is 189 Å². The summed E-state index contributed by atoms with van der Waals surface area (Å²) in [6, 6.07) is 12.3. The number of hydrogen-bond acceptors (Lipinski definition) is 5. The Balaban J connectivity index is 2.11. The number of benzene rings is 2. The fraction of sp³-hybridized carbons (Fsp3) is 0.304. The second-order valence-electron chi connectivity index (χ2n) is 6.73. The maximum absolute atomic E-state index is 12.6. The molecule has 3 N–H and O–H groups in total. The summed E-state index contributed by atoms with van der Waals surface area (Å²) in [5, 5.41) is 13.9. The van der Waals surface area contributed by atoms with Crippen molar-refractivity contribution in [1.82, 2.24) is 10.6 Å². The number of nitrogens with one attached hydrogen (secondary N) is 2. The molecular formula is C23H25F3N2O5. The molecule has 0 radical (unpaired) electrons. The number of carbonyl (C=O) groups is 2. The number of amides is 2. The van der Waals surface area contributed by atoms with E-state index < -0.39 is 31.0 Å². The van der Waals surface area contributed by atoms with Crippen LogP contribution in [-0.4, -0.2) is 49.5 Å². The summed E-state index contributed by atoms with van der Waals surface area (Å²) in [5.74, 6) is -0.365. The number of rotatable bonds is 11. The van der Waals surface area contributed by atoms with Crippen molar-refractivity contribution in [3.8, 4) is 11.5 Å². The van der Waals surface area contributed by atoms with Gasteiger partial charge in [-0.1, -0.05) is 12.1 Å². The molecule has 0 aliphatic rings. The van der Waals surface area contributed by atoms with Crippen molar-refractivity contribution in [3.63, 3.8) is 0 Å². The molecule has 178 valence electrons. The van der Waals surface area contributed by atoms with Crippen LogP contribution in [0.4, 0.5) is 13.2 Å². The molecule has 0 saturated heterocycles. The average molecular weight is 466 g/mol. The van der Waals surface area contributed by atoms with E-state index in [1.165, 1.54) is 30.3 Å². The molecule has 2 amide bonds. The molecule has 0 bridgehead atoms. The van der Waals surface area contributed by atoms with Crippen LogP contribution in [0.5, 0.6) is 11.5 Å². The third-order valence-corrected chi connectivity index (χ3v) is 4.16. The Kier molecular flexibility index (Phi) is 9.74. The van der Waals surface area contributed by atoms with Gasteiger partial charge in [-0.15, -0.1) is 0 Å². The molecule has 0 atom stereocenters. The van der Waals surface area contributed by atoms with Crippen molar-refractivity contribution < 1.29 is 37.3 Å². The van der Waals surface area contributed by atoms with Crippen LogP contribution in [0.2, 0.25) is 0 Å². The molecule has 0 spiro atoms. The number of halogens is 3. The number of aliphatic hydroxyl groups is 1. The normalized spacial score (nSPS) is 11.6. The number of ether oxygens (including phenoxy) is 2. The molecule has 0 fully saturated rings. The summed E-state index contributed by atoms with van der Waals surface area (Å²) >= 11 is 0. The maximum atomic E-state index is 12.6. The van der Waals surface area contributed by atoms with Gasteiger partial charge in [0.2, 0.25) is 0 Å². The van der Waals surface area contributed by atoms with Crippen molar-refractivity contribution in [2.24, 2.45) is 0 Å². The second-order valence-corrected chi connectivity index (χ2v) is 6.73. The van der Waals surface area contributed by atoms with Crippen LogP contribution in [0.25, 0.3) is 6.08 Å². The van der Waals surface area contributed by atoms with Crippen LogP contribution in [0.1, 0.15) is 29.3 Å². The average Bonchev–Trinajstić information content (AvgIpc) is 2.78. The van der Waals surface area contributed by atoms with Crippen LogP contribution in [0.15, 0.2) is 54.2 Å². The number of hydrogen-bond donors (Lipinski definition) is 3. The van der Waals surface area contributed by atoms with Gasteiger partial charge in [-0.05, 0) is 55.0 Å². The Morgan fingerprint density at radius 1 is 1.00 bits per heavy atom. The van der Waals surface area contributed by atoms with Gasteiger partial charge in [-0.25, -0.2) is 0 Å². The Morgan fingerprint density at radius 3 is 2.18 bits per heavy atom. The van der Waals surface area contributed by atoms with Gasteiger partial charge in [0.15, 0.2) is 0 Å². The molecule has 2 aromatic rings.